The third-order valence-electron chi connectivity index (χ3n) is 2.51. The zero-order valence-electron chi connectivity index (χ0n) is 9.55. The highest BCUT2D eigenvalue weighted by molar-refractivity contribution is 6.30. The molecule has 0 aliphatic carbocycles. The van der Waals surface area contributed by atoms with Gasteiger partial charge in [-0.25, -0.2) is 13.2 Å². The van der Waals surface area contributed by atoms with Gasteiger partial charge in [-0.15, -0.1) is 0 Å². The lowest BCUT2D eigenvalue weighted by molar-refractivity contribution is 0.447. The van der Waals surface area contributed by atoms with Crippen molar-refractivity contribution in [1.29, 1.82) is 0 Å². The molecule has 19 heavy (non-hydrogen) atoms. The van der Waals surface area contributed by atoms with Crippen LogP contribution in [0.1, 0.15) is 5.56 Å². The molecular formula is C13H9ClF3NO. The van der Waals surface area contributed by atoms with Gasteiger partial charge in [0.15, 0.2) is 17.5 Å². The van der Waals surface area contributed by atoms with Crippen molar-refractivity contribution in [3.05, 3.63) is 58.4 Å². The average molecular weight is 288 g/mol. The first-order valence-corrected chi connectivity index (χ1v) is 5.71. The van der Waals surface area contributed by atoms with E-state index in [1.807, 2.05) is 0 Å². The molecule has 6 heteroatoms. The van der Waals surface area contributed by atoms with Gasteiger partial charge in [0.2, 0.25) is 0 Å². The number of phenolic OH excluding ortho intramolecular Hbond substituents is 1. The van der Waals surface area contributed by atoms with E-state index in [-0.39, 0.29) is 18.0 Å². The number of phenols is 1. The molecule has 0 aliphatic rings. The number of anilines is 1. The van der Waals surface area contributed by atoms with Gasteiger partial charge in [0, 0.05) is 35.0 Å². The summed E-state index contributed by atoms with van der Waals surface area (Å²) in [6.45, 7) is 0.0942. The van der Waals surface area contributed by atoms with Gasteiger partial charge >= 0.3 is 0 Å². The number of nitrogens with one attached hydrogen (secondary N) is 1. The predicted octanol–water partition coefficient (Wildman–Crippen LogP) is 4.08. The maximum absolute atomic E-state index is 13.0. The lowest BCUT2D eigenvalue weighted by Crippen LogP contribution is -2.02. The summed E-state index contributed by atoms with van der Waals surface area (Å²) >= 11 is 5.76. The van der Waals surface area contributed by atoms with Crippen LogP contribution in [0.3, 0.4) is 0 Å². The Morgan fingerprint density at radius 3 is 2.32 bits per heavy atom. The molecular weight excluding hydrogens is 279 g/mol. The summed E-state index contributed by atoms with van der Waals surface area (Å²) in [5.74, 6) is -4.08. The Labute approximate surface area is 112 Å². The van der Waals surface area contributed by atoms with Crippen LogP contribution in [0.25, 0.3) is 0 Å². The van der Waals surface area contributed by atoms with Gasteiger partial charge < -0.3 is 10.4 Å². The highest BCUT2D eigenvalue weighted by Gasteiger charge is 2.10. The van der Waals surface area contributed by atoms with E-state index >= 15 is 0 Å². The monoisotopic (exact) mass is 287 g/mol. The SMILES string of the molecule is Oc1ccc(Cl)cc1CNc1cc(F)c(F)c(F)c1. The summed E-state index contributed by atoms with van der Waals surface area (Å²) < 4.78 is 38.7. The fraction of sp³-hybridized carbons (Fsp3) is 0.0769. The van der Waals surface area contributed by atoms with E-state index in [1.54, 1.807) is 0 Å². The highest BCUT2D eigenvalue weighted by Crippen LogP contribution is 2.23. The molecule has 2 N–H and O–H groups in total. The van der Waals surface area contributed by atoms with E-state index in [2.05, 4.69) is 5.32 Å². The van der Waals surface area contributed by atoms with Gasteiger partial charge in [-0.2, -0.15) is 0 Å². The first kappa shape index (κ1) is 13.5. The number of hydrogen-bond donors (Lipinski definition) is 2. The van der Waals surface area contributed by atoms with Gasteiger partial charge in [-0.3, -0.25) is 0 Å². The molecule has 0 heterocycles. The summed E-state index contributed by atoms with van der Waals surface area (Å²) in [6, 6.07) is 6.10. The summed E-state index contributed by atoms with van der Waals surface area (Å²) in [6.07, 6.45) is 0. The van der Waals surface area contributed by atoms with Crippen molar-refractivity contribution in [2.24, 2.45) is 0 Å². The Kier molecular flexibility index (Phi) is 3.85. The molecule has 0 saturated carbocycles. The number of aromatic hydroxyl groups is 1. The minimum atomic E-state index is -1.52. The average Bonchev–Trinajstić information content (AvgIpc) is 2.37. The van der Waals surface area contributed by atoms with Crippen LogP contribution in [-0.4, -0.2) is 5.11 Å². The summed E-state index contributed by atoms with van der Waals surface area (Å²) in [5, 5.41) is 12.7. The molecule has 0 saturated heterocycles. The third-order valence-corrected chi connectivity index (χ3v) is 2.74. The molecule has 2 aromatic carbocycles. The second-order valence-corrected chi connectivity index (χ2v) is 4.32. The van der Waals surface area contributed by atoms with Crippen LogP contribution in [0.5, 0.6) is 5.75 Å². The Morgan fingerprint density at radius 1 is 1.05 bits per heavy atom. The Hall–Kier alpha value is -1.88. The second-order valence-electron chi connectivity index (χ2n) is 3.88. The van der Waals surface area contributed by atoms with Crippen LogP contribution in [0.4, 0.5) is 18.9 Å². The quantitative estimate of drug-likeness (QED) is 0.834. The van der Waals surface area contributed by atoms with Crippen molar-refractivity contribution in [2.45, 2.75) is 6.54 Å². The molecule has 0 fully saturated rings. The zero-order valence-corrected chi connectivity index (χ0v) is 10.3. The minimum Gasteiger partial charge on any atom is -0.508 e. The van der Waals surface area contributed by atoms with E-state index in [4.69, 9.17) is 11.6 Å². The van der Waals surface area contributed by atoms with Crippen LogP contribution < -0.4 is 5.32 Å². The molecule has 100 valence electrons. The second kappa shape index (κ2) is 5.40. The van der Waals surface area contributed by atoms with Crippen molar-refractivity contribution in [3.63, 3.8) is 0 Å². The standard InChI is InChI=1S/C13H9ClF3NO/c14-8-1-2-12(19)7(3-8)6-18-9-4-10(15)13(17)11(16)5-9/h1-5,18-19H,6H2. The van der Waals surface area contributed by atoms with Crippen LogP contribution in [-0.2, 0) is 6.54 Å². The molecule has 0 radical (unpaired) electrons. The van der Waals surface area contributed by atoms with Crippen molar-refractivity contribution in [1.82, 2.24) is 0 Å². The van der Waals surface area contributed by atoms with Crippen LogP contribution in [0.2, 0.25) is 5.02 Å². The largest absolute Gasteiger partial charge is 0.508 e. The molecule has 0 amide bonds. The van der Waals surface area contributed by atoms with Gasteiger partial charge in [0.05, 0.1) is 0 Å². The van der Waals surface area contributed by atoms with Crippen molar-refractivity contribution < 1.29 is 18.3 Å². The molecule has 0 unspecified atom stereocenters. The molecule has 2 aromatic rings. The number of hydrogen-bond acceptors (Lipinski definition) is 2. The number of halogens is 4. The van der Waals surface area contributed by atoms with E-state index < -0.39 is 17.5 Å². The summed E-state index contributed by atoms with van der Waals surface area (Å²) in [4.78, 5) is 0. The molecule has 2 rings (SSSR count). The molecule has 0 spiro atoms. The fourth-order valence-electron chi connectivity index (χ4n) is 1.55. The summed E-state index contributed by atoms with van der Waals surface area (Å²) in [5.41, 5.74) is 0.522. The maximum atomic E-state index is 13.0. The summed E-state index contributed by atoms with van der Waals surface area (Å²) in [7, 11) is 0. The lowest BCUT2D eigenvalue weighted by Gasteiger charge is -2.09. The van der Waals surface area contributed by atoms with Crippen molar-refractivity contribution >= 4 is 17.3 Å². The molecule has 2 nitrogen and oxygen atoms in total. The van der Waals surface area contributed by atoms with Crippen LogP contribution in [0, 0.1) is 17.5 Å². The first-order valence-electron chi connectivity index (χ1n) is 5.33. The third kappa shape index (κ3) is 3.12. The van der Waals surface area contributed by atoms with E-state index in [1.165, 1.54) is 18.2 Å². The Morgan fingerprint density at radius 2 is 1.68 bits per heavy atom. The van der Waals surface area contributed by atoms with Gasteiger partial charge in [0.25, 0.3) is 0 Å². The number of benzene rings is 2. The van der Waals surface area contributed by atoms with Crippen LogP contribution in [0.15, 0.2) is 30.3 Å². The van der Waals surface area contributed by atoms with Crippen molar-refractivity contribution in [2.75, 3.05) is 5.32 Å². The fourth-order valence-corrected chi connectivity index (χ4v) is 1.75. The molecule has 0 atom stereocenters. The van der Waals surface area contributed by atoms with E-state index in [0.717, 1.165) is 12.1 Å². The maximum Gasteiger partial charge on any atom is 0.194 e. The number of rotatable bonds is 3. The van der Waals surface area contributed by atoms with Gasteiger partial charge in [0.1, 0.15) is 5.75 Å². The Bertz CT molecular complexity index is 596. The van der Waals surface area contributed by atoms with Crippen LogP contribution >= 0.6 is 11.6 Å². The first-order chi connectivity index (χ1) is 8.97. The van der Waals surface area contributed by atoms with Gasteiger partial charge in [-0.05, 0) is 18.2 Å². The molecule has 0 aromatic heterocycles. The van der Waals surface area contributed by atoms with E-state index in [9.17, 15) is 18.3 Å². The normalized spacial score (nSPS) is 10.5. The minimum absolute atomic E-state index is 0.0000412. The van der Waals surface area contributed by atoms with Gasteiger partial charge in [-0.1, -0.05) is 11.6 Å². The smallest absolute Gasteiger partial charge is 0.194 e. The molecule has 0 bridgehead atoms. The highest BCUT2D eigenvalue weighted by atomic mass is 35.5. The molecule has 0 aliphatic heterocycles. The Balaban J connectivity index is 2.17. The zero-order chi connectivity index (χ0) is 14.0. The van der Waals surface area contributed by atoms with Crippen molar-refractivity contribution in [3.8, 4) is 5.75 Å². The topological polar surface area (TPSA) is 32.3 Å². The lowest BCUT2D eigenvalue weighted by atomic mass is 10.2. The van der Waals surface area contributed by atoms with E-state index in [0.29, 0.717) is 10.6 Å². The predicted molar refractivity (Wildman–Crippen MR) is 66.8 cm³/mol.